The molecule has 1 N–H and O–H groups in total. The van der Waals surface area contributed by atoms with Crippen LogP contribution in [0.15, 0.2) is 24.3 Å². The predicted molar refractivity (Wildman–Crippen MR) is 79.5 cm³/mol. The summed E-state index contributed by atoms with van der Waals surface area (Å²) >= 11 is 0. The third-order valence-corrected chi connectivity index (χ3v) is 4.20. The summed E-state index contributed by atoms with van der Waals surface area (Å²) in [6, 6.07) is 7.39. The van der Waals surface area contributed by atoms with Crippen molar-refractivity contribution in [2.24, 2.45) is 11.8 Å². The monoisotopic (exact) mass is 291 g/mol. The summed E-state index contributed by atoms with van der Waals surface area (Å²) in [5.41, 5.74) is 0.741. The summed E-state index contributed by atoms with van der Waals surface area (Å²) in [5, 5.41) is 9.01. The van der Waals surface area contributed by atoms with Crippen LogP contribution in [0, 0.1) is 11.8 Å². The molecule has 0 spiro atoms. The summed E-state index contributed by atoms with van der Waals surface area (Å²) in [5.74, 6) is -0.462. The van der Waals surface area contributed by atoms with Crippen molar-refractivity contribution >= 4 is 17.6 Å². The molecule has 0 bridgehead atoms. The van der Waals surface area contributed by atoms with Crippen LogP contribution in [-0.2, 0) is 9.59 Å². The van der Waals surface area contributed by atoms with E-state index in [-0.39, 0.29) is 17.7 Å². The van der Waals surface area contributed by atoms with Crippen molar-refractivity contribution in [3.8, 4) is 5.75 Å². The van der Waals surface area contributed by atoms with E-state index in [9.17, 15) is 9.59 Å². The van der Waals surface area contributed by atoms with Crippen LogP contribution in [0.2, 0.25) is 0 Å². The zero-order chi connectivity index (χ0) is 15.4. The standard InChI is InChI=1S/C16H21NO4/c1-17(13-5-3-4-6-14(13)21-2)15(18)11-7-9-12(10-8-11)16(19)20/h3-6,11-12H,7-10H2,1-2H3,(H,19,20). The zero-order valence-electron chi connectivity index (χ0n) is 12.4. The minimum absolute atomic E-state index is 0.0309. The van der Waals surface area contributed by atoms with Crippen molar-refractivity contribution in [1.29, 1.82) is 0 Å². The number of hydrogen-bond acceptors (Lipinski definition) is 3. The minimum Gasteiger partial charge on any atom is -0.495 e. The molecule has 0 atom stereocenters. The summed E-state index contributed by atoms with van der Waals surface area (Å²) in [7, 11) is 3.32. The Labute approximate surface area is 124 Å². The summed E-state index contributed by atoms with van der Waals surface area (Å²) in [4.78, 5) is 25.1. The number of anilines is 1. The molecule has 1 fully saturated rings. The number of para-hydroxylation sites is 2. The lowest BCUT2D eigenvalue weighted by Gasteiger charge is -2.29. The van der Waals surface area contributed by atoms with Crippen molar-refractivity contribution in [1.82, 2.24) is 0 Å². The van der Waals surface area contributed by atoms with E-state index in [0.29, 0.717) is 31.4 Å². The molecule has 5 nitrogen and oxygen atoms in total. The molecule has 0 aromatic heterocycles. The fraction of sp³-hybridized carbons (Fsp3) is 0.500. The molecule has 1 aromatic rings. The van der Waals surface area contributed by atoms with Crippen LogP contribution < -0.4 is 9.64 Å². The molecule has 1 aliphatic carbocycles. The number of benzene rings is 1. The minimum atomic E-state index is -0.751. The van der Waals surface area contributed by atoms with Gasteiger partial charge < -0.3 is 14.7 Å². The van der Waals surface area contributed by atoms with E-state index in [0.717, 1.165) is 5.69 Å². The Morgan fingerprint density at radius 2 is 1.71 bits per heavy atom. The molecule has 5 heteroatoms. The van der Waals surface area contributed by atoms with E-state index in [1.807, 2.05) is 24.3 Å². The van der Waals surface area contributed by atoms with Crippen LogP contribution in [0.25, 0.3) is 0 Å². The first-order chi connectivity index (χ1) is 10.0. The number of nitrogens with zero attached hydrogens (tertiary/aromatic N) is 1. The molecule has 114 valence electrons. The Kier molecular flexibility index (Phi) is 4.83. The van der Waals surface area contributed by atoms with Gasteiger partial charge in [0.25, 0.3) is 0 Å². The third-order valence-electron chi connectivity index (χ3n) is 4.20. The summed E-state index contributed by atoms with van der Waals surface area (Å²) in [6.07, 6.45) is 2.42. The Bertz CT molecular complexity index is 521. The number of ether oxygens (including phenoxy) is 1. The van der Waals surface area contributed by atoms with Gasteiger partial charge >= 0.3 is 5.97 Å². The second kappa shape index (κ2) is 6.61. The van der Waals surface area contributed by atoms with Gasteiger partial charge in [-0.05, 0) is 37.8 Å². The molecule has 0 heterocycles. The molecule has 1 aliphatic rings. The largest absolute Gasteiger partial charge is 0.495 e. The molecular weight excluding hydrogens is 270 g/mol. The highest BCUT2D eigenvalue weighted by atomic mass is 16.5. The van der Waals surface area contributed by atoms with Crippen LogP contribution in [0.1, 0.15) is 25.7 Å². The number of carboxylic acid groups (broad SMARTS) is 1. The fourth-order valence-electron chi connectivity index (χ4n) is 2.89. The van der Waals surface area contributed by atoms with Crippen LogP contribution in [-0.4, -0.2) is 31.1 Å². The predicted octanol–water partition coefficient (Wildman–Crippen LogP) is 2.55. The lowest BCUT2D eigenvalue weighted by atomic mass is 9.81. The number of aliphatic carboxylic acids is 1. The zero-order valence-corrected chi connectivity index (χ0v) is 12.4. The van der Waals surface area contributed by atoms with Crippen LogP contribution in [0.3, 0.4) is 0 Å². The average Bonchev–Trinajstić information content (AvgIpc) is 2.53. The number of carbonyl (C=O) groups is 2. The number of amides is 1. The fourth-order valence-corrected chi connectivity index (χ4v) is 2.89. The van der Waals surface area contributed by atoms with Gasteiger partial charge in [0.05, 0.1) is 18.7 Å². The van der Waals surface area contributed by atoms with Gasteiger partial charge in [-0.2, -0.15) is 0 Å². The average molecular weight is 291 g/mol. The number of hydrogen-bond donors (Lipinski definition) is 1. The number of methoxy groups -OCH3 is 1. The van der Waals surface area contributed by atoms with Crippen LogP contribution in [0.5, 0.6) is 5.75 Å². The Morgan fingerprint density at radius 1 is 1.14 bits per heavy atom. The number of rotatable bonds is 4. The first-order valence-corrected chi connectivity index (χ1v) is 7.18. The highest BCUT2D eigenvalue weighted by Crippen LogP contribution is 2.33. The lowest BCUT2D eigenvalue weighted by molar-refractivity contribution is -0.143. The maximum atomic E-state index is 12.6. The lowest BCUT2D eigenvalue weighted by Crippen LogP contribution is -2.36. The molecule has 21 heavy (non-hydrogen) atoms. The van der Waals surface area contributed by atoms with Crippen molar-refractivity contribution in [3.05, 3.63) is 24.3 Å². The van der Waals surface area contributed by atoms with Gasteiger partial charge in [0.15, 0.2) is 0 Å². The van der Waals surface area contributed by atoms with Crippen LogP contribution in [0.4, 0.5) is 5.69 Å². The Morgan fingerprint density at radius 3 is 2.29 bits per heavy atom. The second-order valence-corrected chi connectivity index (χ2v) is 5.46. The van der Waals surface area contributed by atoms with Crippen LogP contribution >= 0.6 is 0 Å². The molecule has 0 saturated heterocycles. The molecule has 0 radical (unpaired) electrons. The van der Waals surface area contributed by atoms with E-state index in [2.05, 4.69) is 0 Å². The topological polar surface area (TPSA) is 66.8 Å². The highest BCUT2D eigenvalue weighted by molar-refractivity contribution is 5.96. The highest BCUT2D eigenvalue weighted by Gasteiger charge is 2.31. The maximum Gasteiger partial charge on any atom is 0.306 e. The molecule has 1 amide bonds. The van der Waals surface area contributed by atoms with E-state index >= 15 is 0 Å². The van der Waals surface area contributed by atoms with Gasteiger partial charge in [0.2, 0.25) is 5.91 Å². The van der Waals surface area contributed by atoms with E-state index in [1.165, 1.54) is 0 Å². The maximum absolute atomic E-state index is 12.6. The quantitative estimate of drug-likeness (QED) is 0.925. The van der Waals surface area contributed by atoms with Crippen molar-refractivity contribution in [2.45, 2.75) is 25.7 Å². The van der Waals surface area contributed by atoms with Gasteiger partial charge in [0.1, 0.15) is 5.75 Å². The van der Waals surface area contributed by atoms with E-state index in [4.69, 9.17) is 9.84 Å². The second-order valence-electron chi connectivity index (χ2n) is 5.46. The normalized spacial score (nSPS) is 21.6. The Hall–Kier alpha value is -2.04. The third kappa shape index (κ3) is 3.35. The molecule has 0 unspecified atom stereocenters. The molecule has 1 aromatic carbocycles. The number of carboxylic acids is 1. The van der Waals surface area contributed by atoms with Gasteiger partial charge in [-0.25, -0.2) is 0 Å². The van der Waals surface area contributed by atoms with E-state index < -0.39 is 5.97 Å². The Balaban J connectivity index is 2.05. The summed E-state index contributed by atoms with van der Waals surface area (Å²) < 4.78 is 5.28. The van der Waals surface area contributed by atoms with Gasteiger partial charge in [-0.3, -0.25) is 9.59 Å². The van der Waals surface area contributed by atoms with Crippen molar-refractivity contribution in [3.63, 3.8) is 0 Å². The first-order valence-electron chi connectivity index (χ1n) is 7.18. The summed E-state index contributed by atoms with van der Waals surface area (Å²) in [6.45, 7) is 0. The van der Waals surface area contributed by atoms with Crippen molar-refractivity contribution in [2.75, 3.05) is 19.1 Å². The SMILES string of the molecule is COc1ccccc1N(C)C(=O)C1CCC(C(=O)O)CC1. The molecule has 0 aliphatic heterocycles. The molecule has 2 rings (SSSR count). The van der Waals surface area contributed by atoms with Gasteiger partial charge in [-0.15, -0.1) is 0 Å². The molecule has 1 saturated carbocycles. The van der Waals surface area contributed by atoms with Gasteiger partial charge in [-0.1, -0.05) is 12.1 Å². The number of carbonyl (C=O) groups excluding carboxylic acids is 1. The first kappa shape index (κ1) is 15.4. The smallest absolute Gasteiger partial charge is 0.306 e. The molecular formula is C16H21NO4. The van der Waals surface area contributed by atoms with Gasteiger partial charge in [0, 0.05) is 13.0 Å². The van der Waals surface area contributed by atoms with E-state index in [1.54, 1.807) is 19.1 Å². The van der Waals surface area contributed by atoms with Crippen molar-refractivity contribution < 1.29 is 19.4 Å².